The van der Waals surface area contributed by atoms with E-state index >= 15 is 0 Å². The molecule has 2 rings (SSSR count). The SMILES string of the molecule is CC(C)CN1CCN(C(=O)c2ccc(Br)cc2F)CC1. The molecule has 0 saturated carbocycles. The fourth-order valence-corrected chi connectivity index (χ4v) is 2.82. The summed E-state index contributed by atoms with van der Waals surface area (Å²) in [6.45, 7) is 8.49. The van der Waals surface area contributed by atoms with Gasteiger partial charge in [0, 0.05) is 37.2 Å². The van der Waals surface area contributed by atoms with E-state index in [-0.39, 0.29) is 11.5 Å². The van der Waals surface area contributed by atoms with Gasteiger partial charge in [-0.05, 0) is 24.1 Å². The van der Waals surface area contributed by atoms with E-state index in [1.807, 2.05) is 0 Å². The van der Waals surface area contributed by atoms with Gasteiger partial charge >= 0.3 is 0 Å². The Labute approximate surface area is 127 Å². The van der Waals surface area contributed by atoms with E-state index in [1.54, 1.807) is 17.0 Å². The Bertz CT molecular complexity index is 485. The van der Waals surface area contributed by atoms with Crippen molar-refractivity contribution in [1.29, 1.82) is 0 Å². The Kier molecular flexibility index (Phi) is 5.16. The van der Waals surface area contributed by atoms with Crippen LogP contribution >= 0.6 is 15.9 Å². The van der Waals surface area contributed by atoms with Gasteiger partial charge in [0.1, 0.15) is 5.82 Å². The first-order valence-corrected chi connectivity index (χ1v) is 7.73. The summed E-state index contributed by atoms with van der Waals surface area (Å²) in [5, 5.41) is 0. The summed E-state index contributed by atoms with van der Waals surface area (Å²) in [5.74, 6) is -0.0469. The predicted octanol–water partition coefficient (Wildman–Crippen LogP) is 3.00. The van der Waals surface area contributed by atoms with Crippen molar-refractivity contribution < 1.29 is 9.18 Å². The summed E-state index contributed by atoms with van der Waals surface area (Å²) in [5.41, 5.74) is 0.158. The van der Waals surface area contributed by atoms with Crippen LogP contribution < -0.4 is 0 Å². The lowest BCUT2D eigenvalue weighted by molar-refractivity contribution is 0.0619. The van der Waals surface area contributed by atoms with Crippen LogP contribution in [0.1, 0.15) is 24.2 Å². The maximum Gasteiger partial charge on any atom is 0.256 e. The van der Waals surface area contributed by atoms with Gasteiger partial charge in [-0.3, -0.25) is 9.69 Å². The molecule has 1 heterocycles. The molecule has 1 aliphatic rings. The maximum atomic E-state index is 13.8. The summed E-state index contributed by atoms with van der Waals surface area (Å²) >= 11 is 3.20. The number of carbonyl (C=O) groups excluding carboxylic acids is 1. The zero-order valence-corrected chi connectivity index (χ0v) is 13.5. The van der Waals surface area contributed by atoms with Crippen LogP contribution in [0.4, 0.5) is 4.39 Å². The van der Waals surface area contributed by atoms with Crippen molar-refractivity contribution >= 4 is 21.8 Å². The Morgan fingerprint density at radius 1 is 1.30 bits per heavy atom. The molecule has 1 aromatic carbocycles. The highest BCUT2D eigenvalue weighted by atomic mass is 79.9. The third-order valence-corrected chi connectivity index (χ3v) is 3.94. The molecular weight excluding hydrogens is 323 g/mol. The average molecular weight is 343 g/mol. The molecule has 0 bridgehead atoms. The maximum absolute atomic E-state index is 13.8. The second kappa shape index (κ2) is 6.68. The molecule has 1 saturated heterocycles. The first-order valence-electron chi connectivity index (χ1n) is 6.94. The molecule has 5 heteroatoms. The molecule has 1 amide bonds. The lowest BCUT2D eigenvalue weighted by Gasteiger charge is -2.35. The van der Waals surface area contributed by atoms with Crippen molar-refractivity contribution in [2.75, 3.05) is 32.7 Å². The second-order valence-electron chi connectivity index (χ2n) is 5.61. The number of hydrogen-bond donors (Lipinski definition) is 0. The van der Waals surface area contributed by atoms with Gasteiger partial charge in [0.25, 0.3) is 5.91 Å². The van der Waals surface area contributed by atoms with Gasteiger partial charge < -0.3 is 4.90 Å². The van der Waals surface area contributed by atoms with E-state index < -0.39 is 5.82 Å². The minimum atomic E-state index is -0.464. The summed E-state index contributed by atoms with van der Waals surface area (Å²) in [4.78, 5) is 16.4. The average Bonchev–Trinajstić information content (AvgIpc) is 2.38. The van der Waals surface area contributed by atoms with Crippen molar-refractivity contribution in [2.45, 2.75) is 13.8 Å². The van der Waals surface area contributed by atoms with Crippen molar-refractivity contribution in [1.82, 2.24) is 9.80 Å². The molecule has 1 aliphatic heterocycles. The summed E-state index contributed by atoms with van der Waals surface area (Å²) < 4.78 is 14.5. The van der Waals surface area contributed by atoms with Crippen LogP contribution in [-0.4, -0.2) is 48.4 Å². The third kappa shape index (κ3) is 3.79. The van der Waals surface area contributed by atoms with Gasteiger partial charge in [-0.2, -0.15) is 0 Å². The summed E-state index contributed by atoms with van der Waals surface area (Å²) in [7, 11) is 0. The monoisotopic (exact) mass is 342 g/mol. The minimum Gasteiger partial charge on any atom is -0.336 e. The highest BCUT2D eigenvalue weighted by Crippen LogP contribution is 2.18. The topological polar surface area (TPSA) is 23.6 Å². The Morgan fingerprint density at radius 3 is 2.50 bits per heavy atom. The fourth-order valence-electron chi connectivity index (χ4n) is 2.48. The zero-order valence-electron chi connectivity index (χ0n) is 11.9. The number of benzene rings is 1. The van der Waals surface area contributed by atoms with Gasteiger partial charge in [0.05, 0.1) is 5.56 Å². The molecule has 0 radical (unpaired) electrons. The number of piperazine rings is 1. The van der Waals surface area contributed by atoms with Gasteiger partial charge in [-0.15, -0.1) is 0 Å². The Morgan fingerprint density at radius 2 is 1.95 bits per heavy atom. The van der Waals surface area contributed by atoms with E-state index in [2.05, 4.69) is 34.7 Å². The van der Waals surface area contributed by atoms with Crippen molar-refractivity contribution in [3.8, 4) is 0 Å². The molecule has 3 nitrogen and oxygen atoms in total. The van der Waals surface area contributed by atoms with Gasteiger partial charge in [-0.1, -0.05) is 29.8 Å². The fraction of sp³-hybridized carbons (Fsp3) is 0.533. The number of amides is 1. The summed E-state index contributed by atoms with van der Waals surface area (Å²) in [6.07, 6.45) is 0. The highest BCUT2D eigenvalue weighted by Gasteiger charge is 2.24. The zero-order chi connectivity index (χ0) is 14.7. The number of halogens is 2. The molecule has 20 heavy (non-hydrogen) atoms. The van der Waals surface area contributed by atoms with Crippen LogP contribution in [0.15, 0.2) is 22.7 Å². The molecule has 0 N–H and O–H groups in total. The van der Waals surface area contributed by atoms with Crippen LogP contribution in [0, 0.1) is 11.7 Å². The van der Waals surface area contributed by atoms with Crippen LogP contribution in [0.2, 0.25) is 0 Å². The molecule has 0 aromatic heterocycles. The standard InChI is InChI=1S/C15H20BrFN2O/c1-11(2)10-18-5-7-19(8-6-18)15(20)13-4-3-12(16)9-14(13)17/h3-4,9,11H,5-8,10H2,1-2H3. The van der Waals surface area contributed by atoms with Gasteiger partial charge in [-0.25, -0.2) is 4.39 Å². The second-order valence-corrected chi connectivity index (χ2v) is 6.53. The predicted molar refractivity (Wildman–Crippen MR) is 81.3 cm³/mol. The molecule has 0 unspecified atom stereocenters. The van der Waals surface area contributed by atoms with Crippen molar-refractivity contribution in [3.63, 3.8) is 0 Å². The number of rotatable bonds is 3. The largest absolute Gasteiger partial charge is 0.336 e. The first kappa shape index (κ1) is 15.4. The van der Waals surface area contributed by atoms with Crippen LogP contribution in [-0.2, 0) is 0 Å². The molecular formula is C15H20BrFN2O. The highest BCUT2D eigenvalue weighted by molar-refractivity contribution is 9.10. The van der Waals surface area contributed by atoms with Crippen LogP contribution in [0.25, 0.3) is 0 Å². The van der Waals surface area contributed by atoms with E-state index in [4.69, 9.17) is 0 Å². The minimum absolute atomic E-state index is 0.158. The molecule has 0 atom stereocenters. The summed E-state index contributed by atoms with van der Waals surface area (Å²) in [6, 6.07) is 4.58. The number of hydrogen-bond acceptors (Lipinski definition) is 2. The Balaban J connectivity index is 1.98. The normalized spacial score (nSPS) is 16.8. The number of carbonyl (C=O) groups is 1. The molecule has 110 valence electrons. The molecule has 0 spiro atoms. The smallest absolute Gasteiger partial charge is 0.256 e. The van der Waals surface area contributed by atoms with E-state index in [0.717, 1.165) is 19.6 Å². The van der Waals surface area contributed by atoms with E-state index in [9.17, 15) is 9.18 Å². The lowest BCUT2D eigenvalue weighted by atomic mass is 10.1. The van der Waals surface area contributed by atoms with E-state index in [0.29, 0.717) is 23.5 Å². The lowest BCUT2D eigenvalue weighted by Crippen LogP contribution is -2.49. The van der Waals surface area contributed by atoms with E-state index in [1.165, 1.54) is 6.07 Å². The molecule has 1 aromatic rings. The first-order chi connectivity index (χ1) is 9.47. The Hall–Kier alpha value is -0.940. The molecule has 1 fully saturated rings. The van der Waals surface area contributed by atoms with Gasteiger partial charge in [0.15, 0.2) is 0 Å². The van der Waals surface area contributed by atoms with Gasteiger partial charge in [0.2, 0.25) is 0 Å². The van der Waals surface area contributed by atoms with Crippen molar-refractivity contribution in [3.05, 3.63) is 34.1 Å². The number of nitrogens with zero attached hydrogens (tertiary/aromatic N) is 2. The van der Waals surface area contributed by atoms with Crippen LogP contribution in [0.5, 0.6) is 0 Å². The molecule has 0 aliphatic carbocycles. The van der Waals surface area contributed by atoms with Crippen LogP contribution in [0.3, 0.4) is 0 Å². The van der Waals surface area contributed by atoms with Crippen molar-refractivity contribution in [2.24, 2.45) is 5.92 Å². The third-order valence-electron chi connectivity index (χ3n) is 3.44. The quantitative estimate of drug-likeness (QED) is 0.842.